The Morgan fingerprint density at radius 1 is 1.75 bits per heavy atom. The molecule has 0 bridgehead atoms. The predicted molar refractivity (Wildman–Crippen MR) is 27.9 cm³/mol. The molecule has 0 amide bonds. The topological polar surface area (TPSA) is 17.8 Å². The van der Waals surface area contributed by atoms with Crippen LogP contribution in [0.4, 0.5) is 4.39 Å². The van der Waals surface area contributed by atoms with Gasteiger partial charge in [-0.1, -0.05) is 0 Å². The third-order valence-corrected chi connectivity index (χ3v) is 1.08. The third-order valence-electron chi connectivity index (χ3n) is 1.08. The number of rotatable bonds is 0. The van der Waals surface area contributed by atoms with Crippen LogP contribution in [0.15, 0.2) is 6.07 Å². The SMILES string of the molecule is Cc1cc(F)nn1C. The summed E-state index contributed by atoms with van der Waals surface area (Å²) in [6.45, 7) is 1.80. The molecule has 0 atom stereocenters. The largest absolute Gasteiger partial charge is 0.270 e. The van der Waals surface area contributed by atoms with Crippen LogP contribution in [0, 0.1) is 12.9 Å². The zero-order valence-electron chi connectivity index (χ0n) is 4.85. The first kappa shape index (κ1) is 5.28. The van der Waals surface area contributed by atoms with Crippen LogP contribution in [0.1, 0.15) is 5.69 Å². The smallest absolute Gasteiger partial charge is 0.232 e. The van der Waals surface area contributed by atoms with E-state index in [1.165, 1.54) is 10.7 Å². The fourth-order valence-electron chi connectivity index (χ4n) is 0.517. The van der Waals surface area contributed by atoms with E-state index in [9.17, 15) is 4.39 Å². The molecule has 3 heteroatoms. The van der Waals surface area contributed by atoms with Gasteiger partial charge in [0.25, 0.3) is 0 Å². The van der Waals surface area contributed by atoms with Crippen molar-refractivity contribution in [2.75, 3.05) is 0 Å². The summed E-state index contributed by atoms with van der Waals surface area (Å²) >= 11 is 0. The standard InChI is InChI=1S/C5H7FN2/c1-4-3-5(6)7-8(4)2/h3H,1-2H3. The maximum absolute atomic E-state index is 12.1. The van der Waals surface area contributed by atoms with Crippen LogP contribution in [0.25, 0.3) is 0 Å². The average molecular weight is 114 g/mol. The van der Waals surface area contributed by atoms with Crippen LogP contribution >= 0.6 is 0 Å². The van der Waals surface area contributed by atoms with E-state index in [2.05, 4.69) is 5.10 Å². The van der Waals surface area contributed by atoms with E-state index in [4.69, 9.17) is 0 Å². The van der Waals surface area contributed by atoms with E-state index in [0.717, 1.165) is 5.69 Å². The van der Waals surface area contributed by atoms with E-state index in [1.54, 1.807) is 14.0 Å². The average Bonchev–Trinajstić information content (AvgIpc) is 1.85. The van der Waals surface area contributed by atoms with Crippen LogP contribution < -0.4 is 0 Å². The van der Waals surface area contributed by atoms with E-state index in [1.807, 2.05) is 0 Å². The summed E-state index contributed by atoms with van der Waals surface area (Å²) in [5, 5.41) is 3.46. The first-order valence-electron chi connectivity index (χ1n) is 2.36. The van der Waals surface area contributed by atoms with E-state index >= 15 is 0 Å². The predicted octanol–water partition coefficient (Wildman–Crippen LogP) is 0.868. The van der Waals surface area contributed by atoms with Gasteiger partial charge in [-0.3, -0.25) is 4.68 Å². The minimum Gasteiger partial charge on any atom is -0.270 e. The summed E-state index contributed by atoms with van der Waals surface area (Å²) in [5.41, 5.74) is 0.836. The van der Waals surface area contributed by atoms with Gasteiger partial charge in [0, 0.05) is 18.8 Å². The van der Waals surface area contributed by atoms with Gasteiger partial charge in [0.05, 0.1) is 0 Å². The lowest BCUT2D eigenvalue weighted by molar-refractivity contribution is 0.552. The van der Waals surface area contributed by atoms with Gasteiger partial charge in [0.1, 0.15) is 0 Å². The fourth-order valence-corrected chi connectivity index (χ4v) is 0.517. The highest BCUT2D eigenvalue weighted by Gasteiger charge is 1.95. The quantitative estimate of drug-likeness (QED) is 0.489. The van der Waals surface area contributed by atoms with E-state index < -0.39 is 5.95 Å². The molecule has 0 aromatic carbocycles. The van der Waals surface area contributed by atoms with Crippen LogP contribution in [-0.2, 0) is 7.05 Å². The molecule has 0 saturated carbocycles. The molecule has 0 spiro atoms. The van der Waals surface area contributed by atoms with Crippen molar-refractivity contribution >= 4 is 0 Å². The van der Waals surface area contributed by atoms with Gasteiger partial charge in [-0.15, -0.1) is 5.10 Å². The molecule has 0 fully saturated rings. The number of aryl methyl sites for hydroxylation is 2. The molecule has 1 rings (SSSR count). The van der Waals surface area contributed by atoms with Crippen LogP contribution in [0.2, 0.25) is 0 Å². The van der Waals surface area contributed by atoms with Crippen molar-refractivity contribution in [3.05, 3.63) is 17.7 Å². The molecule has 8 heavy (non-hydrogen) atoms. The van der Waals surface area contributed by atoms with Gasteiger partial charge in [-0.25, -0.2) is 0 Å². The Balaban J connectivity index is 3.14. The monoisotopic (exact) mass is 114 g/mol. The van der Waals surface area contributed by atoms with Crippen molar-refractivity contribution in [2.45, 2.75) is 6.92 Å². The molecule has 0 N–H and O–H groups in total. The Morgan fingerprint density at radius 3 is 2.50 bits per heavy atom. The lowest BCUT2D eigenvalue weighted by atomic mass is 10.5. The summed E-state index contributed by atoms with van der Waals surface area (Å²) in [7, 11) is 1.71. The third kappa shape index (κ3) is 0.710. The second kappa shape index (κ2) is 1.58. The Kier molecular flexibility index (Phi) is 1.04. The molecule has 2 nitrogen and oxygen atoms in total. The second-order valence-corrected chi connectivity index (χ2v) is 1.73. The van der Waals surface area contributed by atoms with Crippen LogP contribution in [-0.4, -0.2) is 9.78 Å². The summed E-state index contributed by atoms with van der Waals surface area (Å²) in [6, 6.07) is 1.39. The molecule has 1 aromatic rings. The van der Waals surface area contributed by atoms with E-state index in [0.29, 0.717) is 0 Å². The Morgan fingerprint density at radius 2 is 2.38 bits per heavy atom. The summed E-state index contributed by atoms with van der Waals surface area (Å²) < 4.78 is 13.6. The number of halogens is 1. The normalized spacial score (nSPS) is 9.88. The zero-order chi connectivity index (χ0) is 6.15. The van der Waals surface area contributed by atoms with Gasteiger partial charge in [-0.2, -0.15) is 4.39 Å². The fraction of sp³-hybridized carbons (Fsp3) is 0.400. The molecule has 0 aliphatic rings. The van der Waals surface area contributed by atoms with Crippen LogP contribution in [0.5, 0.6) is 0 Å². The highest BCUT2D eigenvalue weighted by Crippen LogP contribution is 1.96. The van der Waals surface area contributed by atoms with Gasteiger partial charge >= 0.3 is 0 Å². The van der Waals surface area contributed by atoms with Crippen molar-refractivity contribution in [3.63, 3.8) is 0 Å². The molecule has 0 aliphatic carbocycles. The van der Waals surface area contributed by atoms with Crippen molar-refractivity contribution in [1.82, 2.24) is 9.78 Å². The van der Waals surface area contributed by atoms with E-state index in [-0.39, 0.29) is 0 Å². The molecule has 0 radical (unpaired) electrons. The highest BCUT2D eigenvalue weighted by molar-refractivity contribution is 4.97. The first-order valence-corrected chi connectivity index (χ1v) is 2.36. The molecule has 44 valence electrons. The summed E-state index contributed by atoms with van der Waals surface area (Å²) in [5.74, 6) is -0.412. The van der Waals surface area contributed by atoms with Crippen LogP contribution in [0.3, 0.4) is 0 Å². The summed E-state index contributed by atoms with van der Waals surface area (Å²) in [6.07, 6.45) is 0. The lowest BCUT2D eigenvalue weighted by Gasteiger charge is -1.86. The number of aromatic nitrogens is 2. The van der Waals surface area contributed by atoms with Crippen molar-refractivity contribution < 1.29 is 4.39 Å². The Hall–Kier alpha value is -0.860. The molecular formula is C5H7FN2. The molecule has 1 aromatic heterocycles. The van der Waals surface area contributed by atoms with Gasteiger partial charge in [0.15, 0.2) is 0 Å². The number of hydrogen-bond donors (Lipinski definition) is 0. The minimum atomic E-state index is -0.412. The molecular weight excluding hydrogens is 107 g/mol. The lowest BCUT2D eigenvalue weighted by Crippen LogP contribution is -1.91. The zero-order valence-corrected chi connectivity index (χ0v) is 4.85. The van der Waals surface area contributed by atoms with Gasteiger partial charge < -0.3 is 0 Å². The first-order chi connectivity index (χ1) is 3.70. The van der Waals surface area contributed by atoms with Crippen molar-refractivity contribution in [1.29, 1.82) is 0 Å². The molecule has 0 aliphatic heterocycles. The minimum absolute atomic E-state index is 0.412. The molecule has 0 saturated heterocycles. The highest BCUT2D eigenvalue weighted by atomic mass is 19.1. The van der Waals surface area contributed by atoms with Gasteiger partial charge in [-0.05, 0) is 6.92 Å². The van der Waals surface area contributed by atoms with Gasteiger partial charge in [0.2, 0.25) is 5.95 Å². The molecule has 1 heterocycles. The number of hydrogen-bond acceptors (Lipinski definition) is 1. The Bertz CT molecular complexity index is 173. The van der Waals surface area contributed by atoms with Crippen molar-refractivity contribution in [3.8, 4) is 0 Å². The summed E-state index contributed by atoms with van der Waals surface area (Å²) in [4.78, 5) is 0. The Labute approximate surface area is 46.9 Å². The maximum atomic E-state index is 12.1. The number of nitrogens with zero attached hydrogens (tertiary/aromatic N) is 2. The van der Waals surface area contributed by atoms with Crippen molar-refractivity contribution in [2.24, 2.45) is 7.05 Å². The maximum Gasteiger partial charge on any atom is 0.232 e. The molecule has 0 unspecified atom stereocenters. The second-order valence-electron chi connectivity index (χ2n) is 1.73.